The summed E-state index contributed by atoms with van der Waals surface area (Å²) in [7, 11) is 0. The lowest BCUT2D eigenvalue weighted by Gasteiger charge is -2.18. The number of aliphatic hydroxyl groups excluding tert-OH is 3. The summed E-state index contributed by atoms with van der Waals surface area (Å²) in [6, 6.07) is 5.09. The first-order chi connectivity index (χ1) is 6.57. The molecule has 4 nitrogen and oxygen atoms in total. The van der Waals surface area contributed by atoms with E-state index in [4.69, 9.17) is 10.8 Å². The highest BCUT2D eigenvalue weighted by Gasteiger charge is 2.19. The molecule has 2 atom stereocenters. The van der Waals surface area contributed by atoms with Crippen molar-refractivity contribution in [2.75, 3.05) is 12.3 Å². The van der Waals surface area contributed by atoms with Gasteiger partial charge in [0, 0.05) is 5.69 Å². The maximum absolute atomic E-state index is 9.63. The third-order valence-electron chi connectivity index (χ3n) is 2.29. The van der Waals surface area contributed by atoms with Crippen molar-refractivity contribution in [2.45, 2.75) is 19.1 Å². The zero-order chi connectivity index (χ0) is 10.7. The lowest BCUT2D eigenvalue weighted by Crippen LogP contribution is -2.22. The third kappa shape index (κ3) is 2.04. The van der Waals surface area contributed by atoms with Crippen molar-refractivity contribution in [3.63, 3.8) is 0 Å². The first-order valence-corrected chi connectivity index (χ1v) is 4.40. The predicted molar refractivity (Wildman–Crippen MR) is 53.6 cm³/mol. The SMILES string of the molecule is Cc1c(N)cccc1C(O)C(O)CO. The Hall–Kier alpha value is -1.10. The van der Waals surface area contributed by atoms with Crippen LogP contribution in [0.4, 0.5) is 5.69 Å². The van der Waals surface area contributed by atoms with E-state index in [2.05, 4.69) is 0 Å². The standard InChI is InChI=1S/C10H15NO3/c1-6-7(3-2-4-8(6)11)10(14)9(13)5-12/h2-4,9-10,12-14H,5,11H2,1H3. The van der Waals surface area contributed by atoms with E-state index < -0.39 is 18.8 Å². The second-order valence-corrected chi connectivity index (χ2v) is 3.26. The maximum atomic E-state index is 9.63. The summed E-state index contributed by atoms with van der Waals surface area (Å²) >= 11 is 0. The highest BCUT2D eigenvalue weighted by molar-refractivity contribution is 5.50. The van der Waals surface area contributed by atoms with Crippen molar-refractivity contribution in [3.8, 4) is 0 Å². The maximum Gasteiger partial charge on any atom is 0.107 e. The van der Waals surface area contributed by atoms with E-state index in [1.807, 2.05) is 0 Å². The van der Waals surface area contributed by atoms with E-state index >= 15 is 0 Å². The molecule has 0 bridgehead atoms. The Morgan fingerprint density at radius 2 is 2.00 bits per heavy atom. The van der Waals surface area contributed by atoms with Gasteiger partial charge < -0.3 is 21.1 Å². The fourth-order valence-corrected chi connectivity index (χ4v) is 1.30. The van der Waals surface area contributed by atoms with Crippen molar-refractivity contribution in [3.05, 3.63) is 29.3 Å². The van der Waals surface area contributed by atoms with Crippen LogP contribution in [0.15, 0.2) is 18.2 Å². The van der Waals surface area contributed by atoms with E-state index in [1.165, 1.54) is 0 Å². The average Bonchev–Trinajstić information content (AvgIpc) is 2.20. The lowest BCUT2D eigenvalue weighted by atomic mass is 9.98. The van der Waals surface area contributed by atoms with Crippen molar-refractivity contribution in [2.24, 2.45) is 0 Å². The second-order valence-electron chi connectivity index (χ2n) is 3.26. The topological polar surface area (TPSA) is 86.7 Å². The third-order valence-corrected chi connectivity index (χ3v) is 2.29. The van der Waals surface area contributed by atoms with Crippen LogP contribution in [0.25, 0.3) is 0 Å². The van der Waals surface area contributed by atoms with E-state index in [1.54, 1.807) is 25.1 Å². The van der Waals surface area contributed by atoms with Crippen LogP contribution in [-0.2, 0) is 0 Å². The fourth-order valence-electron chi connectivity index (χ4n) is 1.30. The Labute approximate surface area is 82.6 Å². The number of hydrogen-bond donors (Lipinski definition) is 4. The van der Waals surface area contributed by atoms with Crippen molar-refractivity contribution < 1.29 is 15.3 Å². The van der Waals surface area contributed by atoms with Crippen LogP contribution in [0.3, 0.4) is 0 Å². The molecule has 0 fully saturated rings. The van der Waals surface area contributed by atoms with Crippen molar-refractivity contribution in [1.29, 1.82) is 0 Å². The minimum atomic E-state index is -1.17. The van der Waals surface area contributed by atoms with E-state index in [9.17, 15) is 10.2 Å². The van der Waals surface area contributed by atoms with Gasteiger partial charge in [0.1, 0.15) is 12.2 Å². The highest BCUT2D eigenvalue weighted by Crippen LogP contribution is 2.24. The zero-order valence-corrected chi connectivity index (χ0v) is 8.01. The minimum Gasteiger partial charge on any atom is -0.399 e. The minimum absolute atomic E-state index is 0.477. The summed E-state index contributed by atoms with van der Waals surface area (Å²) in [6.07, 6.45) is -2.26. The molecule has 0 saturated heterocycles. The van der Waals surface area contributed by atoms with Crippen LogP contribution < -0.4 is 5.73 Å². The van der Waals surface area contributed by atoms with E-state index in [0.29, 0.717) is 11.3 Å². The van der Waals surface area contributed by atoms with Gasteiger partial charge in [-0.1, -0.05) is 12.1 Å². The lowest BCUT2D eigenvalue weighted by molar-refractivity contribution is -0.0155. The number of hydrogen-bond acceptors (Lipinski definition) is 4. The van der Waals surface area contributed by atoms with Crippen LogP contribution in [-0.4, -0.2) is 28.0 Å². The van der Waals surface area contributed by atoms with E-state index in [-0.39, 0.29) is 0 Å². The molecular weight excluding hydrogens is 182 g/mol. The molecule has 0 spiro atoms. The first kappa shape index (κ1) is 11.0. The van der Waals surface area contributed by atoms with Crippen LogP contribution >= 0.6 is 0 Å². The molecule has 4 heteroatoms. The first-order valence-electron chi connectivity index (χ1n) is 4.40. The molecule has 0 amide bonds. The molecule has 14 heavy (non-hydrogen) atoms. The molecular formula is C10H15NO3. The van der Waals surface area contributed by atoms with E-state index in [0.717, 1.165) is 5.56 Å². The highest BCUT2D eigenvalue weighted by atomic mass is 16.4. The zero-order valence-electron chi connectivity index (χ0n) is 8.01. The van der Waals surface area contributed by atoms with Gasteiger partial charge in [0.05, 0.1) is 6.61 Å². The Bertz CT molecular complexity index is 314. The summed E-state index contributed by atoms with van der Waals surface area (Å²) in [5.74, 6) is 0. The molecule has 0 aliphatic rings. The van der Waals surface area contributed by atoms with Gasteiger partial charge in [-0.3, -0.25) is 0 Å². The molecule has 1 aromatic carbocycles. The summed E-state index contributed by atoms with van der Waals surface area (Å²) in [5.41, 5.74) is 7.48. The fraction of sp³-hybridized carbons (Fsp3) is 0.400. The van der Waals surface area contributed by atoms with Crippen LogP contribution in [0.1, 0.15) is 17.2 Å². The number of benzene rings is 1. The van der Waals surface area contributed by atoms with Crippen molar-refractivity contribution in [1.82, 2.24) is 0 Å². The Kier molecular flexibility index (Phi) is 3.46. The number of rotatable bonds is 3. The summed E-state index contributed by atoms with van der Waals surface area (Å²) in [6.45, 7) is 1.29. The van der Waals surface area contributed by atoms with Crippen LogP contribution in [0.5, 0.6) is 0 Å². The number of nitrogen functional groups attached to an aromatic ring is 1. The molecule has 1 rings (SSSR count). The van der Waals surface area contributed by atoms with Gasteiger partial charge in [-0.2, -0.15) is 0 Å². The average molecular weight is 197 g/mol. The van der Waals surface area contributed by atoms with Crippen LogP contribution in [0.2, 0.25) is 0 Å². The summed E-state index contributed by atoms with van der Waals surface area (Å²) < 4.78 is 0. The molecule has 0 aliphatic carbocycles. The summed E-state index contributed by atoms with van der Waals surface area (Å²) in [5, 5.41) is 27.6. The van der Waals surface area contributed by atoms with Gasteiger partial charge in [0.25, 0.3) is 0 Å². The molecule has 0 radical (unpaired) electrons. The Balaban J connectivity index is 3.01. The van der Waals surface area contributed by atoms with Gasteiger partial charge in [-0.15, -0.1) is 0 Å². The van der Waals surface area contributed by atoms with Gasteiger partial charge in [0.2, 0.25) is 0 Å². The molecule has 0 heterocycles. The number of anilines is 1. The van der Waals surface area contributed by atoms with Gasteiger partial charge in [0.15, 0.2) is 0 Å². The number of nitrogens with two attached hydrogens (primary N) is 1. The Morgan fingerprint density at radius 3 is 2.57 bits per heavy atom. The second kappa shape index (κ2) is 4.41. The summed E-state index contributed by atoms with van der Waals surface area (Å²) in [4.78, 5) is 0. The molecule has 0 aliphatic heterocycles. The largest absolute Gasteiger partial charge is 0.399 e. The monoisotopic (exact) mass is 197 g/mol. The van der Waals surface area contributed by atoms with Gasteiger partial charge >= 0.3 is 0 Å². The molecule has 2 unspecified atom stereocenters. The van der Waals surface area contributed by atoms with Gasteiger partial charge in [-0.05, 0) is 24.1 Å². The predicted octanol–water partition coefficient (Wildman–Crippen LogP) is -0.0362. The molecule has 5 N–H and O–H groups in total. The molecule has 1 aromatic rings. The molecule has 78 valence electrons. The van der Waals surface area contributed by atoms with Crippen LogP contribution in [0, 0.1) is 6.92 Å². The smallest absolute Gasteiger partial charge is 0.107 e. The molecule has 0 aromatic heterocycles. The van der Waals surface area contributed by atoms with Crippen molar-refractivity contribution >= 4 is 5.69 Å². The van der Waals surface area contributed by atoms with Gasteiger partial charge in [-0.25, -0.2) is 0 Å². The molecule has 0 saturated carbocycles. The number of aliphatic hydroxyl groups is 3. The Morgan fingerprint density at radius 1 is 1.36 bits per heavy atom. The quantitative estimate of drug-likeness (QED) is 0.512. The normalized spacial score (nSPS) is 15.1.